The Morgan fingerprint density at radius 2 is 1.76 bits per heavy atom. The predicted molar refractivity (Wildman–Crippen MR) is 69.7 cm³/mol. The Hall–Kier alpha value is -2.63. The van der Waals surface area contributed by atoms with E-state index in [0.717, 1.165) is 12.1 Å². The molecule has 6 heteroatoms. The lowest BCUT2D eigenvalue weighted by atomic mass is 10.0. The van der Waals surface area contributed by atoms with Crippen LogP contribution in [0.15, 0.2) is 30.3 Å². The first-order valence-corrected chi connectivity index (χ1v) is 6.18. The Morgan fingerprint density at radius 1 is 1.00 bits per heavy atom. The predicted octanol–water partition coefficient (Wildman–Crippen LogP) is 3.10. The van der Waals surface area contributed by atoms with Gasteiger partial charge in [0.1, 0.15) is 18.8 Å². The summed E-state index contributed by atoms with van der Waals surface area (Å²) in [4.78, 5) is 11.3. The Kier molecular flexibility index (Phi) is 3.21. The van der Waals surface area contributed by atoms with Crippen LogP contribution in [0, 0.1) is 11.6 Å². The molecule has 1 heterocycles. The summed E-state index contributed by atoms with van der Waals surface area (Å²) in [5, 5.41) is 9.24. The van der Waals surface area contributed by atoms with Crippen molar-refractivity contribution in [3.8, 4) is 22.6 Å². The van der Waals surface area contributed by atoms with E-state index in [-0.39, 0.29) is 23.7 Å². The molecule has 1 aliphatic rings. The molecule has 1 aliphatic heterocycles. The molecule has 3 rings (SSSR count). The van der Waals surface area contributed by atoms with Crippen molar-refractivity contribution in [1.29, 1.82) is 0 Å². The maximum atomic E-state index is 13.3. The van der Waals surface area contributed by atoms with Crippen LogP contribution in [-0.2, 0) is 0 Å². The standard InChI is InChI=1S/C15H10F2O4/c16-11-2-1-8(6-12(11)17)9-5-10(15(18)19)14-13(7-9)20-3-4-21-14/h1-2,5-7H,3-4H2,(H,18,19). The molecular weight excluding hydrogens is 282 g/mol. The maximum Gasteiger partial charge on any atom is 0.339 e. The van der Waals surface area contributed by atoms with Crippen LogP contribution in [0.3, 0.4) is 0 Å². The van der Waals surface area contributed by atoms with Gasteiger partial charge in [-0.1, -0.05) is 6.07 Å². The van der Waals surface area contributed by atoms with E-state index in [1.807, 2.05) is 0 Å². The highest BCUT2D eigenvalue weighted by molar-refractivity contribution is 5.94. The first kappa shape index (κ1) is 13.4. The SMILES string of the molecule is O=C(O)c1cc(-c2ccc(F)c(F)c2)cc2c1OCCO2. The van der Waals surface area contributed by atoms with E-state index < -0.39 is 17.6 Å². The normalized spacial score (nSPS) is 13.0. The summed E-state index contributed by atoms with van der Waals surface area (Å²) in [6.07, 6.45) is 0. The van der Waals surface area contributed by atoms with Crippen LogP contribution in [0.25, 0.3) is 11.1 Å². The molecule has 2 aromatic rings. The number of aromatic carboxylic acids is 1. The number of hydrogen-bond donors (Lipinski definition) is 1. The lowest BCUT2D eigenvalue weighted by Gasteiger charge is -2.21. The van der Waals surface area contributed by atoms with Gasteiger partial charge in [0.05, 0.1) is 0 Å². The van der Waals surface area contributed by atoms with Gasteiger partial charge in [0, 0.05) is 0 Å². The summed E-state index contributed by atoms with van der Waals surface area (Å²) in [7, 11) is 0. The van der Waals surface area contributed by atoms with Crippen LogP contribution in [0.4, 0.5) is 8.78 Å². The molecule has 2 aromatic carbocycles. The number of fused-ring (bicyclic) bond motifs is 1. The number of hydrogen-bond acceptors (Lipinski definition) is 3. The molecule has 0 aromatic heterocycles. The molecule has 0 fully saturated rings. The molecule has 108 valence electrons. The molecule has 0 amide bonds. The molecule has 0 aliphatic carbocycles. The highest BCUT2D eigenvalue weighted by Gasteiger charge is 2.22. The summed E-state index contributed by atoms with van der Waals surface area (Å²) >= 11 is 0. The third-order valence-corrected chi connectivity index (χ3v) is 3.13. The second-order valence-corrected chi connectivity index (χ2v) is 4.48. The molecule has 21 heavy (non-hydrogen) atoms. The highest BCUT2D eigenvalue weighted by Crippen LogP contribution is 2.38. The van der Waals surface area contributed by atoms with E-state index in [4.69, 9.17) is 9.47 Å². The van der Waals surface area contributed by atoms with Crippen molar-refractivity contribution < 1.29 is 28.2 Å². The molecular formula is C15H10F2O4. The van der Waals surface area contributed by atoms with Crippen molar-refractivity contribution >= 4 is 5.97 Å². The van der Waals surface area contributed by atoms with E-state index in [2.05, 4.69) is 0 Å². The van der Waals surface area contributed by atoms with Gasteiger partial charge >= 0.3 is 5.97 Å². The van der Waals surface area contributed by atoms with Gasteiger partial charge < -0.3 is 14.6 Å². The molecule has 0 spiro atoms. The smallest absolute Gasteiger partial charge is 0.339 e. The van der Waals surface area contributed by atoms with Gasteiger partial charge in [0.2, 0.25) is 0 Å². The lowest BCUT2D eigenvalue weighted by molar-refractivity contribution is 0.0686. The molecule has 0 unspecified atom stereocenters. The van der Waals surface area contributed by atoms with Gasteiger partial charge in [0.25, 0.3) is 0 Å². The number of halogens is 2. The Balaban J connectivity index is 2.16. The summed E-state index contributed by atoms with van der Waals surface area (Å²) in [5.74, 6) is -2.71. The Bertz CT molecular complexity index is 728. The van der Waals surface area contributed by atoms with Crippen molar-refractivity contribution in [2.24, 2.45) is 0 Å². The number of rotatable bonds is 2. The van der Waals surface area contributed by atoms with Gasteiger partial charge in [-0.25, -0.2) is 13.6 Å². The van der Waals surface area contributed by atoms with Crippen LogP contribution >= 0.6 is 0 Å². The molecule has 0 atom stereocenters. The van der Waals surface area contributed by atoms with Gasteiger partial charge in [-0.3, -0.25) is 0 Å². The van der Waals surface area contributed by atoms with Gasteiger partial charge in [-0.05, 0) is 35.4 Å². The number of ether oxygens (including phenoxy) is 2. The second kappa shape index (κ2) is 5.05. The third kappa shape index (κ3) is 2.40. The number of carbonyl (C=O) groups is 1. The zero-order valence-electron chi connectivity index (χ0n) is 10.7. The largest absolute Gasteiger partial charge is 0.486 e. The van der Waals surface area contributed by atoms with E-state index in [1.54, 1.807) is 6.07 Å². The topological polar surface area (TPSA) is 55.8 Å². The van der Waals surface area contributed by atoms with Crippen LogP contribution in [0.1, 0.15) is 10.4 Å². The first-order chi connectivity index (χ1) is 10.1. The molecule has 0 saturated carbocycles. The van der Waals surface area contributed by atoms with Gasteiger partial charge in [-0.15, -0.1) is 0 Å². The average Bonchev–Trinajstić information content (AvgIpc) is 2.48. The molecule has 1 N–H and O–H groups in total. The molecule has 0 saturated heterocycles. The van der Waals surface area contributed by atoms with Crippen molar-refractivity contribution in [2.75, 3.05) is 13.2 Å². The van der Waals surface area contributed by atoms with Gasteiger partial charge in [-0.2, -0.15) is 0 Å². The Labute approximate surface area is 118 Å². The molecule has 4 nitrogen and oxygen atoms in total. The van der Waals surface area contributed by atoms with Crippen LogP contribution in [0.5, 0.6) is 11.5 Å². The van der Waals surface area contributed by atoms with E-state index >= 15 is 0 Å². The zero-order chi connectivity index (χ0) is 15.0. The minimum Gasteiger partial charge on any atom is -0.486 e. The summed E-state index contributed by atoms with van der Waals surface area (Å²) < 4.78 is 37.0. The quantitative estimate of drug-likeness (QED) is 0.924. The first-order valence-electron chi connectivity index (χ1n) is 6.18. The fourth-order valence-electron chi connectivity index (χ4n) is 2.15. The van der Waals surface area contributed by atoms with E-state index in [0.29, 0.717) is 17.7 Å². The molecule has 0 bridgehead atoms. The fourth-order valence-corrected chi connectivity index (χ4v) is 2.15. The van der Waals surface area contributed by atoms with Crippen molar-refractivity contribution in [3.05, 3.63) is 47.5 Å². The van der Waals surface area contributed by atoms with Crippen molar-refractivity contribution in [1.82, 2.24) is 0 Å². The maximum absolute atomic E-state index is 13.3. The fraction of sp³-hybridized carbons (Fsp3) is 0.133. The number of benzene rings is 2. The summed E-state index contributed by atoms with van der Waals surface area (Å²) in [6, 6.07) is 6.26. The lowest BCUT2D eigenvalue weighted by Crippen LogP contribution is -2.18. The number of carboxylic acids is 1. The zero-order valence-corrected chi connectivity index (χ0v) is 10.7. The van der Waals surface area contributed by atoms with Gasteiger partial charge in [0.15, 0.2) is 23.1 Å². The summed E-state index contributed by atoms with van der Waals surface area (Å²) in [5.41, 5.74) is 0.691. The van der Waals surface area contributed by atoms with E-state index in [9.17, 15) is 18.7 Å². The second-order valence-electron chi connectivity index (χ2n) is 4.48. The average molecular weight is 292 g/mol. The van der Waals surface area contributed by atoms with Crippen molar-refractivity contribution in [2.45, 2.75) is 0 Å². The minimum absolute atomic E-state index is 0.0769. The summed E-state index contributed by atoms with van der Waals surface area (Å²) in [6.45, 7) is 0.561. The number of carboxylic acid groups (broad SMARTS) is 1. The van der Waals surface area contributed by atoms with Crippen LogP contribution in [0.2, 0.25) is 0 Å². The highest BCUT2D eigenvalue weighted by atomic mass is 19.2. The third-order valence-electron chi connectivity index (χ3n) is 3.13. The van der Waals surface area contributed by atoms with Crippen LogP contribution < -0.4 is 9.47 Å². The monoisotopic (exact) mass is 292 g/mol. The van der Waals surface area contributed by atoms with Crippen LogP contribution in [-0.4, -0.2) is 24.3 Å². The van der Waals surface area contributed by atoms with E-state index in [1.165, 1.54) is 12.1 Å². The van der Waals surface area contributed by atoms with Crippen molar-refractivity contribution in [3.63, 3.8) is 0 Å². The molecule has 0 radical (unpaired) electrons. The minimum atomic E-state index is -1.18. The Morgan fingerprint density at radius 3 is 2.48 bits per heavy atom.